The molecule has 0 bridgehead atoms. The van der Waals surface area contributed by atoms with Crippen LogP contribution < -0.4 is 5.32 Å². The van der Waals surface area contributed by atoms with Gasteiger partial charge in [0.25, 0.3) is 5.91 Å². The molecule has 0 saturated carbocycles. The molecule has 3 nitrogen and oxygen atoms in total. The number of aliphatic hydroxyl groups is 1. The molecule has 0 unspecified atom stereocenters. The number of carbonyl (C=O) groups excluding carboxylic acids is 1. The lowest BCUT2D eigenvalue weighted by atomic mass is 9.95. The summed E-state index contributed by atoms with van der Waals surface area (Å²) in [5, 5.41) is 12.1. The second kappa shape index (κ2) is 5.41. The quantitative estimate of drug-likeness (QED) is 0.880. The highest BCUT2D eigenvalue weighted by molar-refractivity contribution is 7.14. The molecule has 1 aliphatic carbocycles. The summed E-state index contributed by atoms with van der Waals surface area (Å²) >= 11 is 1.63. The Morgan fingerprint density at radius 1 is 1.44 bits per heavy atom. The van der Waals surface area contributed by atoms with E-state index in [1.165, 1.54) is 23.3 Å². The highest BCUT2D eigenvalue weighted by Crippen LogP contribution is 2.29. The smallest absolute Gasteiger partial charge is 0.261 e. The average molecular weight is 267 g/mol. The number of amides is 1. The van der Waals surface area contributed by atoms with Crippen LogP contribution in [-0.4, -0.2) is 24.2 Å². The molecule has 0 aliphatic heterocycles. The molecular weight excluding hydrogens is 246 g/mol. The third-order valence-corrected chi connectivity index (χ3v) is 4.61. The topological polar surface area (TPSA) is 49.3 Å². The summed E-state index contributed by atoms with van der Waals surface area (Å²) in [7, 11) is 0. The van der Waals surface area contributed by atoms with E-state index in [0.717, 1.165) is 17.7 Å². The summed E-state index contributed by atoms with van der Waals surface area (Å²) in [4.78, 5) is 14.2. The summed E-state index contributed by atoms with van der Waals surface area (Å²) in [5.74, 6) is -0.00377. The molecule has 100 valence electrons. The molecule has 1 aromatic rings. The Hall–Kier alpha value is -0.870. The summed E-state index contributed by atoms with van der Waals surface area (Å²) in [5.41, 5.74) is 1.10. The van der Waals surface area contributed by atoms with E-state index in [-0.39, 0.29) is 17.9 Å². The van der Waals surface area contributed by atoms with Crippen LogP contribution in [-0.2, 0) is 12.8 Å². The first-order valence-electron chi connectivity index (χ1n) is 6.52. The molecule has 0 saturated heterocycles. The fraction of sp³-hybridized carbons (Fsp3) is 0.643. The summed E-state index contributed by atoms with van der Waals surface area (Å²) in [6.07, 6.45) is 4.71. The van der Waals surface area contributed by atoms with Crippen LogP contribution in [0.3, 0.4) is 0 Å². The van der Waals surface area contributed by atoms with E-state index in [0.29, 0.717) is 6.54 Å². The van der Waals surface area contributed by atoms with Gasteiger partial charge in [0.05, 0.1) is 4.88 Å². The maximum Gasteiger partial charge on any atom is 0.261 e. The molecule has 0 radical (unpaired) electrons. The van der Waals surface area contributed by atoms with Gasteiger partial charge in [-0.25, -0.2) is 0 Å². The standard InChI is InChI=1S/C14H21NO2S/c1-14(2,9-16)8-15-13(17)12-7-10-5-3-4-6-11(10)18-12/h7,16H,3-6,8-9H2,1-2H3,(H,15,17). The first-order valence-corrected chi connectivity index (χ1v) is 7.34. The molecule has 2 N–H and O–H groups in total. The minimum atomic E-state index is -0.257. The maximum atomic E-state index is 12.0. The second-order valence-electron chi connectivity index (χ2n) is 5.77. The first-order chi connectivity index (χ1) is 8.52. The van der Waals surface area contributed by atoms with Crippen LogP contribution in [0.25, 0.3) is 0 Å². The Kier molecular flexibility index (Phi) is 4.07. The van der Waals surface area contributed by atoms with Gasteiger partial charge in [0, 0.05) is 23.4 Å². The van der Waals surface area contributed by atoms with Crippen molar-refractivity contribution >= 4 is 17.2 Å². The third-order valence-electron chi connectivity index (χ3n) is 3.38. The van der Waals surface area contributed by atoms with Crippen LogP contribution in [0.5, 0.6) is 0 Å². The Morgan fingerprint density at radius 3 is 2.83 bits per heavy atom. The number of nitrogens with one attached hydrogen (secondary N) is 1. The number of aliphatic hydroxyl groups excluding tert-OH is 1. The van der Waals surface area contributed by atoms with E-state index < -0.39 is 0 Å². The van der Waals surface area contributed by atoms with Crippen molar-refractivity contribution in [3.63, 3.8) is 0 Å². The molecule has 0 spiro atoms. The zero-order valence-corrected chi connectivity index (χ0v) is 11.9. The molecule has 1 amide bonds. The molecular formula is C14H21NO2S. The van der Waals surface area contributed by atoms with Crippen molar-refractivity contribution in [2.45, 2.75) is 39.5 Å². The van der Waals surface area contributed by atoms with Gasteiger partial charge in [0.15, 0.2) is 0 Å². The first kappa shape index (κ1) is 13.6. The van der Waals surface area contributed by atoms with E-state index in [2.05, 4.69) is 5.32 Å². The molecule has 2 rings (SSSR count). The Labute approximate surface area is 112 Å². The number of hydrogen-bond donors (Lipinski definition) is 2. The predicted octanol–water partition coefficient (Wildman–Crippen LogP) is 2.38. The SMILES string of the molecule is CC(C)(CO)CNC(=O)c1cc2c(s1)CCCC2. The van der Waals surface area contributed by atoms with Crippen LogP contribution in [0.1, 0.15) is 46.8 Å². The molecule has 0 atom stereocenters. The van der Waals surface area contributed by atoms with E-state index >= 15 is 0 Å². The van der Waals surface area contributed by atoms with E-state index in [1.807, 2.05) is 19.9 Å². The minimum absolute atomic E-state index is 0.00377. The predicted molar refractivity (Wildman–Crippen MR) is 74.2 cm³/mol. The zero-order valence-electron chi connectivity index (χ0n) is 11.1. The van der Waals surface area contributed by atoms with Gasteiger partial charge in [-0.3, -0.25) is 4.79 Å². The summed E-state index contributed by atoms with van der Waals surface area (Å²) < 4.78 is 0. The van der Waals surface area contributed by atoms with Crippen LogP contribution in [0, 0.1) is 5.41 Å². The molecule has 0 aromatic carbocycles. The summed E-state index contributed by atoms with van der Waals surface area (Å²) in [6, 6.07) is 2.04. The maximum absolute atomic E-state index is 12.0. The van der Waals surface area contributed by atoms with Crippen LogP contribution in [0.15, 0.2) is 6.07 Å². The Balaban J connectivity index is 1.99. The minimum Gasteiger partial charge on any atom is -0.396 e. The Bertz CT molecular complexity index is 414. The van der Waals surface area contributed by atoms with Gasteiger partial charge < -0.3 is 10.4 Å². The number of rotatable bonds is 4. The second-order valence-corrected chi connectivity index (χ2v) is 6.91. The molecule has 18 heavy (non-hydrogen) atoms. The van der Waals surface area contributed by atoms with Crippen molar-refractivity contribution in [2.75, 3.05) is 13.2 Å². The normalized spacial score (nSPS) is 15.3. The van der Waals surface area contributed by atoms with Crippen LogP contribution in [0.4, 0.5) is 0 Å². The lowest BCUT2D eigenvalue weighted by Crippen LogP contribution is -2.35. The lowest BCUT2D eigenvalue weighted by molar-refractivity contribution is 0.0915. The van der Waals surface area contributed by atoms with Gasteiger partial charge in [0.2, 0.25) is 0 Å². The fourth-order valence-corrected chi connectivity index (χ4v) is 3.24. The number of thiophene rings is 1. The number of aryl methyl sites for hydroxylation is 2. The van der Waals surface area contributed by atoms with Crippen molar-refractivity contribution in [1.29, 1.82) is 0 Å². The highest BCUT2D eigenvalue weighted by Gasteiger charge is 2.20. The van der Waals surface area contributed by atoms with Crippen LogP contribution in [0.2, 0.25) is 0 Å². The molecule has 1 aliphatic rings. The number of carbonyl (C=O) groups is 1. The third kappa shape index (κ3) is 3.12. The van der Waals surface area contributed by atoms with Gasteiger partial charge in [-0.15, -0.1) is 11.3 Å². The van der Waals surface area contributed by atoms with E-state index in [1.54, 1.807) is 11.3 Å². The zero-order chi connectivity index (χ0) is 13.2. The van der Waals surface area contributed by atoms with Gasteiger partial charge in [0.1, 0.15) is 0 Å². The molecule has 4 heteroatoms. The monoisotopic (exact) mass is 267 g/mol. The van der Waals surface area contributed by atoms with Crippen LogP contribution >= 0.6 is 11.3 Å². The Morgan fingerprint density at radius 2 is 2.17 bits per heavy atom. The van der Waals surface area contributed by atoms with Gasteiger partial charge in [-0.05, 0) is 37.3 Å². The van der Waals surface area contributed by atoms with Gasteiger partial charge in [-0.2, -0.15) is 0 Å². The molecule has 1 aromatic heterocycles. The largest absolute Gasteiger partial charge is 0.396 e. The molecule has 0 fully saturated rings. The van der Waals surface area contributed by atoms with Crippen molar-refractivity contribution in [3.05, 3.63) is 21.4 Å². The van der Waals surface area contributed by atoms with Crippen molar-refractivity contribution < 1.29 is 9.90 Å². The number of fused-ring (bicyclic) bond motifs is 1. The van der Waals surface area contributed by atoms with Crippen molar-refractivity contribution in [1.82, 2.24) is 5.32 Å². The summed E-state index contributed by atoms with van der Waals surface area (Å²) in [6.45, 7) is 4.46. The average Bonchev–Trinajstić information content (AvgIpc) is 2.80. The molecule has 1 heterocycles. The number of hydrogen-bond acceptors (Lipinski definition) is 3. The lowest BCUT2D eigenvalue weighted by Gasteiger charge is -2.21. The fourth-order valence-electron chi connectivity index (χ4n) is 2.07. The van der Waals surface area contributed by atoms with Crippen molar-refractivity contribution in [2.24, 2.45) is 5.41 Å². The van der Waals surface area contributed by atoms with E-state index in [4.69, 9.17) is 5.11 Å². The van der Waals surface area contributed by atoms with Gasteiger partial charge >= 0.3 is 0 Å². The highest BCUT2D eigenvalue weighted by atomic mass is 32.1. The van der Waals surface area contributed by atoms with Crippen molar-refractivity contribution in [3.8, 4) is 0 Å². The van der Waals surface area contributed by atoms with E-state index in [9.17, 15) is 4.79 Å². The van der Waals surface area contributed by atoms with Gasteiger partial charge in [-0.1, -0.05) is 13.8 Å².